The van der Waals surface area contributed by atoms with Gasteiger partial charge in [-0.2, -0.15) is 0 Å². The van der Waals surface area contributed by atoms with Crippen LogP contribution in [0, 0.1) is 5.92 Å². The Hall–Kier alpha value is -2.27. The summed E-state index contributed by atoms with van der Waals surface area (Å²) in [5.74, 6) is -0.851. The van der Waals surface area contributed by atoms with Crippen LogP contribution >= 0.6 is 11.6 Å². The maximum Gasteiger partial charge on any atom is 0.311 e. The predicted molar refractivity (Wildman–Crippen MR) is 91.0 cm³/mol. The summed E-state index contributed by atoms with van der Waals surface area (Å²) in [6, 6.07) is 11.4. The van der Waals surface area contributed by atoms with Crippen LogP contribution in [0.25, 0.3) is 0 Å². The van der Waals surface area contributed by atoms with Gasteiger partial charge >= 0.3 is 5.97 Å². The molecule has 0 N–H and O–H groups in total. The summed E-state index contributed by atoms with van der Waals surface area (Å²) in [5.41, 5.74) is 1.55. The van der Waals surface area contributed by atoms with Crippen molar-refractivity contribution in [1.82, 2.24) is 9.47 Å². The fraction of sp³-hybridized carbons (Fsp3) is 0.333. The lowest BCUT2D eigenvalue weighted by molar-refractivity contribution is -0.145. The molecule has 0 unspecified atom stereocenters. The van der Waals surface area contributed by atoms with Crippen molar-refractivity contribution in [3.63, 3.8) is 0 Å². The molecule has 1 aliphatic rings. The van der Waals surface area contributed by atoms with Crippen molar-refractivity contribution in [2.24, 2.45) is 13.0 Å². The van der Waals surface area contributed by atoms with Crippen LogP contribution in [-0.4, -0.2) is 41.5 Å². The molecule has 0 aliphatic carbocycles. The molecule has 2 heterocycles. The van der Waals surface area contributed by atoms with Gasteiger partial charge in [0.2, 0.25) is 0 Å². The van der Waals surface area contributed by atoms with Crippen molar-refractivity contribution in [3.05, 3.63) is 58.9 Å². The van der Waals surface area contributed by atoms with Crippen LogP contribution in [0.3, 0.4) is 0 Å². The van der Waals surface area contributed by atoms with Crippen LogP contribution in [0.1, 0.15) is 22.0 Å². The SMILES string of the molecule is COC(=O)[C@H]1CN(C(=O)c2cc(Cl)cn2C)C[C@H]1c1ccccc1. The number of likely N-dealkylation sites (tertiary alicyclic amines) is 1. The molecular weight excluding hydrogens is 328 g/mol. The molecule has 1 amide bonds. The highest BCUT2D eigenvalue weighted by Gasteiger charge is 2.41. The normalized spacial score (nSPS) is 20.2. The van der Waals surface area contributed by atoms with Gasteiger partial charge in [-0.3, -0.25) is 9.59 Å². The second-order valence-electron chi connectivity index (χ2n) is 6.01. The highest BCUT2D eigenvalue weighted by atomic mass is 35.5. The Morgan fingerprint density at radius 1 is 1.21 bits per heavy atom. The third-order valence-electron chi connectivity index (χ3n) is 4.53. The zero-order valence-corrected chi connectivity index (χ0v) is 14.4. The predicted octanol–water partition coefficient (Wildman–Crippen LogP) is 2.71. The Labute approximate surface area is 145 Å². The molecule has 1 fully saturated rings. The summed E-state index contributed by atoms with van der Waals surface area (Å²) < 4.78 is 6.65. The number of aromatic nitrogens is 1. The van der Waals surface area contributed by atoms with E-state index >= 15 is 0 Å². The van der Waals surface area contributed by atoms with Gasteiger partial charge in [-0.1, -0.05) is 41.9 Å². The minimum absolute atomic E-state index is 0.0710. The van der Waals surface area contributed by atoms with E-state index in [0.717, 1.165) is 5.56 Å². The standard InChI is InChI=1S/C18H19ClN2O3/c1-20-9-13(19)8-16(20)17(22)21-10-14(12-6-4-3-5-7-12)15(11-21)18(23)24-2/h3-9,14-15H,10-11H2,1-2H3/t14-,15-/m0/s1. The number of ether oxygens (including phenoxy) is 1. The van der Waals surface area contributed by atoms with Gasteiger partial charge in [-0.05, 0) is 11.6 Å². The lowest BCUT2D eigenvalue weighted by Crippen LogP contribution is -2.31. The number of benzene rings is 1. The molecule has 24 heavy (non-hydrogen) atoms. The van der Waals surface area contributed by atoms with E-state index in [2.05, 4.69) is 0 Å². The smallest absolute Gasteiger partial charge is 0.311 e. The molecule has 1 aliphatic heterocycles. The third-order valence-corrected chi connectivity index (χ3v) is 4.74. The average molecular weight is 347 g/mol. The topological polar surface area (TPSA) is 51.5 Å². The maximum atomic E-state index is 12.8. The van der Waals surface area contributed by atoms with Gasteiger partial charge in [-0.25, -0.2) is 0 Å². The van der Waals surface area contributed by atoms with Gasteiger partial charge in [-0.15, -0.1) is 0 Å². The number of nitrogens with zero attached hydrogens (tertiary/aromatic N) is 2. The first kappa shape index (κ1) is 16.6. The second-order valence-corrected chi connectivity index (χ2v) is 6.45. The largest absolute Gasteiger partial charge is 0.469 e. The number of carbonyl (C=O) groups is 2. The van der Waals surface area contributed by atoms with Crippen molar-refractivity contribution < 1.29 is 14.3 Å². The van der Waals surface area contributed by atoms with Crippen LogP contribution < -0.4 is 0 Å². The molecule has 126 valence electrons. The van der Waals surface area contributed by atoms with Gasteiger partial charge in [0, 0.05) is 32.3 Å². The summed E-state index contributed by atoms with van der Waals surface area (Å²) in [4.78, 5) is 26.7. The molecule has 6 heteroatoms. The number of hydrogen-bond donors (Lipinski definition) is 0. The summed E-state index contributed by atoms with van der Waals surface area (Å²) >= 11 is 5.98. The van der Waals surface area contributed by atoms with Crippen molar-refractivity contribution in [2.75, 3.05) is 20.2 Å². The van der Waals surface area contributed by atoms with Crippen molar-refractivity contribution in [1.29, 1.82) is 0 Å². The van der Waals surface area contributed by atoms with E-state index in [1.807, 2.05) is 30.3 Å². The fourth-order valence-corrected chi connectivity index (χ4v) is 3.55. The number of amides is 1. The van der Waals surface area contributed by atoms with Crippen LogP contribution in [0.4, 0.5) is 0 Å². The molecule has 3 rings (SSSR count). The van der Waals surface area contributed by atoms with Crippen molar-refractivity contribution >= 4 is 23.5 Å². The average Bonchev–Trinajstić information content (AvgIpc) is 3.18. The fourth-order valence-electron chi connectivity index (χ4n) is 3.30. The lowest BCUT2D eigenvalue weighted by atomic mass is 9.89. The van der Waals surface area contributed by atoms with Gasteiger partial charge in [0.05, 0.1) is 18.1 Å². The van der Waals surface area contributed by atoms with Crippen LogP contribution in [0.5, 0.6) is 0 Å². The molecule has 0 radical (unpaired) electrons. The molecule has 0 saturated carbocycles. The molecular formula is C18H19ClN2O3. The molecule has 2 atom stereocenters. The third kappa shape index (κ3) is 3.04. The van der Waals surface area contributed by atoms with E-state index < -0.39 is 0 Å². The molecule has 0 bridgehead atoms. The zero-order chi connectivity index (χ0) is 17.3. The minimum Gasteiger partial charge on any atom is -0.469 e. The Bertz CT molecular complexity index is 757. The van der Waals surface area contributed by atoms with Crippen LogP contribution in [0.2, 0.25) is 5.02 Å². The Kier molecular flexibility index (Phi) is 4.62. The number of hydrogen-bond acceptors (Lipinski definition) is 3. The first-order valence-electron chi connectivity index (χ1n) is 7.75. The zero-order valence-electron chi connectivity index (χ0n) is 13.6. The number of rotatable bonds is 3. The molecule has 1 aromatic carbocycles. The number of carbonyl (C=O) groups excluding carboxylic acids is 2. The molecule has 1 aromatic heterocycles. The summed E-state index contributed by atoms with van der Waals surface area (Å²) in [6.45, 7) is 0.819. The minimum atomic E-state index is -0.364. The van der Waals surface area contributed by atoms with E-state index in [1.165, 1.54) is 7.11 Å². The van der Waals surface area contributed by atoms with E-state index in [0.29, 0.717) is 23.8 Å². The second kappa shape index (κ2) is 6.69. The van der Waals surface area contributed by atoms with Crippen molar-refractivity contribution in [3.8, 4) is 0 Å². The Morgan fingerprint density at radius 2 is 1.92 bits per heavy atom. The Morgan fingerprint density at radius 3 is 2.50 bits per heavy atom. The van der Waals surface area contributed by atoms with Gasteiger partial charge in [0.15, 0.2) is 0 Å². The number of aryl methyl sites for hydroxylation is 1. The Balaban J connectivity index is 1.88. The lowest BCUT2D eigenvalue weighted by Gasteiger charge is -2.17. The maximum absolute atomic E-state index is 12.8. The molecule has 1 saturated heterocycles. The molecule has 2 aromatic rings. The van der Waals surface area contributed by atoms with E-state index in [-0.39, 0.29) is 23.7 Å². The first-order valence-corrected chi connectivity index (χ1v) is 8.13. The van der Waals surface area contributed by atoms with E-state index in [4.69, 9.17) is 16.3 Å². The van der Waals surface area contributed by atoms with E-state index in [9.17, 15) is 9.59 Å². The summed E-state index contributed by atoms with van der Waals surface area (Å²) in [7, 11) is 3.16. The summed E-state index contributed by atoms with van der Waals surface area (Å²) in [6.07, 6.45) is 1.69. The number of methoxy groups -OCH3 is 1. The molecule has 5 nitrogen and oxygen atoms in total. The summed E-state index contributed by atoms with van der Waals surface area (Å²) in [5, 5.41) is 0.518. The van der Waals surface area contributed by atoms with Crippen LogP contribution in [0.15, 0.2) is 42.6 Å². The highest BCUT2D eigenvalue weighted by molar-refractivity contribution is 6.31. The van der Waals surface area contributed by atoms with Gasteiger partial charge in [0.1, 0.15) is 5.69 Å². The van der Waals surface area contributed by atoms with Crippen molar-refractivity contribution in [2.45, 2.75) is 5.92 Å². The first-order chi connectivity index (χ1) is 11.5. The van der Waals surface area contributed by atoms with Gasteiger partial charge < -0.3 is 14.2 Å². The van der Waals surface area contributed by atoms with E-state index in [1.54, 1.807) is 28.8 Å². The number of halogens is 1. The van der Waals surface area contributed by atoms with Crippen LogP contribution in [-0.2, 0) is 16.6 Å². The monoisotopic (exact) mass is 346 g/mol. The van der Waals surface area contributed by atoms with Gasteiger partial charge in [0.25, 0.3) is 5.91 Å². The molecule has 0 spiro atoms. The quantitative estimate of drug-likeness (QED) is 0.803. The number of esters is 1. The highest BCUT2D eigenvalue weighted by Crippen LogP contribution is 2.34.